The molecule has 0 amide bonds. The van der Waals surface area contributed by atoms with Gasteiger partial charge in [-0.2, -0.15) is 9.80 Å². The molecule has 480 valence electrons. The van der Waals surface area contributed by atoms with E-state index in [4.69, 9.17) is 0 Å². The first-order chi connectivity index (χ1) is 41.5. The molecule has 0 spiro atoms. The highest BCUT2D eigenvalue weighted by atomic mass is 15.5. The molecular formula is C69H106N20+2. The van der Waals surface area contributed by atoms with Crippen LogP contribution in [0.3, 0.4) is 0 Å². The fourth-order valence-electron chi connectivity index (χ4n) is 11.9. The van der Waals surface area contributed by atoms with Crippen molar-refractivity contribution in [3.63, 3.8) is 0 Å². The van der Waals surface area contributed by atoms with Gasteiger partial charge in [0.2, 0.25) is 11.8 Å². The smallest absolute Gasteiger partial charge is 0.209 e. The first-order valence-corrected chi connectivity index (χ1v) is 32.3. The van der Waals surface area contributed by atoms with Gasteiger partial charge in [0.1, 0.15) is 47.1 Å². The minimum Gasteiger partial charge on any atom is -0.315 e. The number of fused-ring (bicyclic) bond motifs is 7. The van der Waals surface area contributed by atoms with Gasteiger partial charge in [0.25, 0.3) is 0 Å². The van der Waals surface area contributed by atoms with E-state index in [2.05, 4.69) is 250 Å². The Morgan fingerprint density at radius 3 is 1.67 bits per heavy atom. The van der Waals surface area contributed by atoms with Crippen molar-refractivity contribution in [3.8, 4) is 0 Å². The number of aromatic nitrogens is 14. The van der Waals surface area contributed by atoms with Crippen LogP contribution in [0.15, 0.2) is 107 Å². The largest absolute Gasteiger partial charge is 0.315 e. The normalized spacial score (nSPS) is 18.1. The topological polar surface area (TPSA) is 185 Å². The van der Waals surface area contributed by atoms with E-state index in [0.717, 1.165) is 85.8 Å². The first kappa shape index (κ1) is 67.7. The van der Waals surface area contributed by atoms with Gasteiger partial charge in [-0.1, -0.05) is 169 Å². The van der Waals surface area contributed by atoms with Gasteiger partial charge in [-0.15, -0.1) is 40.4 Å². The van der Waals surface area contributed by atoms with Crippen molar-refractivity contribution in [2.24, 2.45) is 26.3 Å². The standard InChI is InChI=1S/C11H14N2.C10H18N4.2C10H13N3.C10H17N2.C9H15N3.C9H16N3/c1-11(2,3)9-8-12-13-7-5-4-6-10(9)13;1-10(2,3)9-12-11-8-7-13(4)5-6-14(8)9;1-10(2,3)9-12-11-8-6-4-5-7-13(8)9;1-10(2,3)9-8-6-4-5-7-13(8)12-11-9;1-10(2,3)8-7-11-12-6-4-5-9(8)12;1-9(2,3)8-11-10-7-5-4-6-12(7)8;1-9(2,3)8-7-5-4-6-12(7)11-10-8/h4-8H,1-3H3;5-7H2,1-4H3;2*4-7H,1-3H3;7,9H,4-6H2,1-3H3;4-6H2,1-3H3;7H,4-6H2,1-3H3/q;;;;+1;;+1. The highest BCUT2D eigenvalue weighted by Crippen LogP contribution is 2.37. The second-order valence-corrected chi connectivity index (χ2v) is 31.7. The summed E-state index contributed by atoms with van der Waals surface area (Å²) in [7, 11) is 2.12. The molecule has 0 bridgehead atoms. The van der Waals surface area contributed by atoms with Crippen molar-refractivity contribution in [1.82, 2.24) is 73.5 Å². The van der Waals surface area contributed by atoms with Crippen molar-refractivity contribution >= 4 is 22.4 Å². The van der Waals surface area contributed by atoms with Crippen molar-refractivity contribution in [2.45, 2.75) is 243 Å². The monoisotopic (exact) mass is 1210 g/mol. The predicted molar refractivity (Wildman–Crippen MR) is 355 cm³/mol. The second kappa shape index (κ2) is 26.7. The number of pyridine rings is 3. The van der Waals surface area contributed by atoms with Crippen molar-refractivity contribution in [3.05, 3.63) is 132 Å². The van der Waals surface area contributed by atoms with Crippen LogP contribution in [0.1, 0.15) is 218 Å². The number of likely N-dealkylation sites (N-methyl/N-ethyl adjacent to an activating group) is 1. The van der Waals surface area contributed by atoms with E-state index in [0.29, 0.717) is 17.5 Å². The van der Waals surface area contributed by atoms with Crippen LogP contribution in [0.25, 0.3) is 16.7 Å². The third-order valence-electron chi connectivity index (χ3n) is 16.5. The Morgan fingerprint density at radius 2 is 1.06 bits per heavy atom. The molecule has 0 aliphatic carbocycles. The molecular weight excluding hydrogens is 1110 g/mol. The number of aryl methyl sites for hydroxylation is 1. The molecule has 0 saturated carbocycles. The van der Waals surface area contributed by atoms with Crippen LogP contribution in [0.2, 0.25) is 0 Å². The van der Waals surface area contributed by atoms with Gasteiger partial charge in [-0.3, -0.25) is 9.30 Å². The maximum absolute atomic E-state index is 4.42. The Morgan fingerprint density at radius 1 is 0.483 bits per heavy atom. The van der Waals surface area contributed by atoms with E-state index in [-0.39, 0.29) is 32.5 Å². The van der Waals surface area contributed by atoms with Crippen LogP contribution in [-0.4, -0.2) is 127 Å². The molecule has 0 aromatic carbocycles. The fraction of sp³-hybridized carbons (Fsp3) is 0.623. The SMILES string of the molecule is CC(C)(C)C1=CN=[N+]2CCCC12.CC(C)(C)C1=NN=[N+]2CCCC12.CC(C)(C)c1cnn2ccccc12.CC(C)(C)c1nnc2ccccn12.CC(C)(C)c1nnc2n1CCC2.CC(C)(C)c1nnn2ccccc12.CN1CCn2c(nnc2C(C)(C)C)C1. The Bertz CT molecular complexity index is 3530. The third-order valence-corrected chi connectivity index (χ3v) is 16.5. The van der Waals surface area contributed by atoms with E-state index in [9.17, 15) is 0 Å². The van der Waals surface area contributed by atoms with E-state index in [1.54, 1.807) is 4.52 Å². The van der Waals surface area contributed by atoms with Gasteiger partial charge in [0.15, 0.2) is 18.2 Å². The van der Waals surface area contributed by atoms with Crippen LogP contribution in [-0.2, 0) is 53.1 Å². The van der Waals surface area contributed by atoms with Crippen LogP contribution < -0.4 is 0 Å². The summed E-state index contributed by atoms with van der Waals surface area (Å²) in [5.74, 6) is 5.52. The molecule has 20 nitrogen and oxygen atoms in total. The molecule has 20 heteroatoms. The maximum Gasteiger partial charge on any atom is 0.209 e. The van der Waals surface area contributed by atoms with Crippen LogP contribution in [0, 0.1) is 10.8 Å². The van der Waals surface area contributed by atoms with Gasteiger partial charge in [0.05, 0.1) is 34.6 Å². The summed E-state index contributed by atoms with van der Waals surface area (Å²) >= 11 is 0. The second-order valence-electron chi connectivity index (χ2n) is 31.7. The molecule has 2 fully saturated rings. The fourth-order valence-corrected chi connectivity index (χ4v) is 11.9. The van der Waals surface area contributed by atoms with Crippen molar-refractivity contribution < 1.29 is 9.39 Å². The minimum atomic E-state index is 0.0424. The zero-order valence-corrected chi connectivity index (χ0v) is 58.2. The zero-order valence-electron chi connectivity index (χ0n) is 58.2. The molecule has 0 radical (unpaired) electrons. The van der Waals surface area contributed by atoms with E-state index < -0.39 is 0 Å². The molecule has 89 heavy (non-hydrogen) atoms. The molecule has 2 saturated heterocycles. The highest BCUT2D eigenvalue weighted by Gasteiger charge is 2.44. The Balaban J connectivity index is 0.000000134. The van der Waals surface area contributed by atoms with E-state index >= 15 is 0 Å². The molecule has 14 rings (SSSR count). The molecule has 6 aliphatic heterocycles. The summed E-state index contributed by atoms with van der Waals surface area (Å²) in [5, 5.41) is 50.6. The Labute approximate surface area is 530 Å². The maximum atomic E-state index is 4.42. The number of azo groups is 2. The summed E-state index contributed by atoms with van der Waals surface area (Å²) in [6.07, 6.45) is 17.4. The van der Waals surface area contributed by atoms with Gasteiger partial charge in [-0.25, -0.2) is 9.03 Å². The molecule has 8 aromatic rings. The van der Waals surface area contributed by atoms with Gasteiger partial charge < -0.3 is 9.13 Å². The van der Waals surface area contributed by atoms with Crippen molar-refractivity contribution in [2.75, 3.05) is 26.7 Å². The average molecular weight is 1220 g/mol. The lowest BCUT2D eigenvalue weighted by molar-refractivity contribution is -0.591. The Kier molecular flexibility index (Phi) is 20.3. The molecule has 14 heterocycles. The van der Waals surface area contributed by atoms with Gasteiger partial charge in [-0.05, 0) is 72.2 Å². The lowest BCUT2D eigenvalue weighted by Crippen LogP contribution is -2.33. The third kappa shape index (κ3) is 16.6. The number of hydrogen-bond acceptors (Lipinski definition) is 13. The van der Waals surface area contributed by atoms with Crippen LogP contribution >= 0.6 is 0 Å². The predicted octanol–water partition coefficient (Wildman–Crippen LogP) is 13.8. The molecule has 8 aromatic heterocycles. The quantitative estimate of drug-likeness (QED) is 0.132. The molecule has 0 N–H and O–H groups in total. The van der Waals surface area contributed by atoms with E-state index in [1.807, 2.05) is 82.2 Å². The van der Waals surface area contributed by atoms with Crippen LogP contribution in [0.5, 0.6) is 0 Å². The summed E-state index contributed by atoms with van der Waals surface area (Å²) in [5.41, 5.74) is 9.32. The van der Waals surface area contributed by atoms with Crippen LogP contribution in [0.4, 0.5) is 0 Å². The zero-order chi connectivity index (χ0) is 65.1. The average Bonchev–Trinajstić information content (AvgIpc) is 4.44. The molecule has 2 unspecified atom stereocenters. The number of hydrogen-bond donors (Lipinski definition) is 0. The summed E-state index contributed by atoms with van der Waals surface area (Å²) in [6.45, 7) is 52.4. The first-order valence-electron chi connectivity index (χ1n) is 32.3. The van der Waals surface area contributed by atoms with Gasteiger partial charge in [0, 0.05) is 102 Å². The van der Waals surface area contributed by atoms with Crippen molar-refractivity contribution in [1.29, 1.82) is 0 Å². The molecule has 2 atom stereocenters. The van der Waals surface area contributed by atoms with Gasteiger partial charge >= 0.3 is 0 Å². The minimum absolute atomic E-state index is 0.0424. The lowest BCUT2D eigenvalue weighted by atomic mass is 9.82. The summed E-state index contributed by atoms with van der Waals surface area (Å²) in [6, 6.07) is 19.2. The lowest BCUT2D eigenvalue weighted by Gasteiger charge is -2.26. The number of rotatable bonds is 0. The summed E-state index contributed by atoms with van der Waals surface area (Å²) < 4.78 is 14.6. The van der Waals surface area contributed by atoms with E-state index in [1.165, 1.54) is 60.3 Å². The number of nitrogens with zero attached hydrogens (tertiary/aromatic N) is 20. The molecule has 6 aliphatic rings. The summed E-state index contributed by atoms with van der Waals surface area (Å²) in [4.78, 5) is 2.27. The highest BCUT2D eigenvalue weighted by molar-refractivity contribution is 5.93. The Hall–Kier alpha value is -7.22.